The van der Waals surface area contributed by atoms with Gasteiger partial charge in [0.1, 0.15) is 0 Å². The van der Waals surface area contributed by atoms with E-state index in [2.05, 4.69) is 22.2 Å². The molecule has 0 saturated carbocycles. The number of rotatable bonds is 2. The lowest BCUT2D eigenvalue weighted by Crippen LogP contribution is -1.98. The van der Waals surface area contributed by atoms with E-state index in [1.165, 1.54) is 5.56 Å². The van der Waals surface area contributed by atoms with Crippen molar-refractivity contribution in [3.63, 3.8) is 0 Å². The molecule has 66 valence electrons. The van der Waals surface area contributed by atoms with Crippen molar-refractivity contribution in [3.8, 4) is 5.82 Å². The van der Waals surface area contributed by atoms with Crippen molar-refractivity contribution in [2.24, 2.45) is 0 Å². The maximum Gasteiger partial charge on any atom is 0.155 e. The Hall–Kier alpha value is -1.71. The van der Waals surface area contributed by atoms with Crippen LogP contribution >= 0.6 is 0 Å². The normalized spacial score (nSPS) is 10.2. The summed E-state index contributed by atoms with van der Waals surface area (Å²) in [6.45, 7) is 2.10. The molecule has 0 fully saturated rings. The first-order valence-corrected chi connectivity index (χ1v) is 4.22. The van der Waals surface area contributed by atoms with Crippen molar-refractivity contribution in [1.29, 1.82) is 0 Å². The molecular weight excluding hydrogens is 164 g/mol. The van der Waals surface area contributed by atoms with Gasteiger partial charge in [0, 0.05) is 6.20 Å². The van der Waals surface area contributed by atoms with E-state index >= 15 is 0 Å². The summed E-state index contributed by atoms with van der Waals surface area (Å²) >= 11 is 0. The van der Waals surface area contributed by atoms with Gasteiger partial charge in [-0.25, -0.2) is 9.67 Å². The Morgan fingerprint density at radius 1 is 1.38 bits per heavy atom. The second-order valence-corrected chi connectivity index (χ2v) is 2.73. The van der Waals surface area contributed by atoms with Gasteiger partial charge in [-0.15, -0.1) is 5.10 Å². The standard InChI is InChI=1S/C9H10N4/c1-2-8-3-4-9(10-7-8)13-6-5-11-12-13/h3-7H,2H2,1H3. The van der Waals surface area contributed by atoms with Crippen molar-refractivity contribution < 1.29 is 0 Å². The first-order valence-electron chi connectivity index (χ1n) is 4.22. The zero-order valence-electron chi connectivity index (χ0n) is 7.38. The predicted octanol–water partition coefficient (Wildman–Crippen LogP) is 1.22. The van der Waals surface area contributed by atoms with Gasteiger partial charge in [0.05, 0.1) is 12.4 Å². The van der Waals surface area contributed by atoms with Crippen molar-refractivity contribution >= 4 is 0 Å². The minimum absolute atomic E-state index is 0.801. The SMILES string of the molecule is CCc1ccc(-n2ccnn2)nc1. The Morgan fingerprint density at radius 2 is 2.31 bits per heavy atom. The zero-order valence-corrected chi connectivity index (χ0v) is 7.38. The fraction of sp³-hybridized carbons (Fsp3) is 0.222. The molecule has 2 heterocycles. The molecule has 0 aliphatic heterocycles. The molecule has 0 saturated heterocycles. The molecule has 2 aromatic rings. The van der Waals surface area contributed by atoms with Crippen LogP contribution < -0.4 is 0 Å². The third-order valence-electron chi connectivity index (χ3n) is 1.87. The van der Waals surface area contributed by atoms with Crippen molar-refractivity contribution in [2.75, 3.05) is 0 Å². The number of pyridine rings is 1. The van der Waals surface area contributed by atoms with Gasteiger partial charge in [0.2, 0.25) is 0 Å². The molecule has 0 bridgehead atoms. The Labute approximate surface area is 76.2 Å². The Morgan fingerprint density at radius 3 is 2.85 bits per heavy atom. The average molecular weight is 174 g/mol. The summed E-state index contributed by atoms with van der Waals surface area (Å²) in [6.07, 6.45) is 6.27. The summed E-state index contributed by atoms with van der Waals surface area (Å²) in [5.74, 6) is 0.801. The van der Waals surface area contributed by atoms with Crippen LogP contribution in [0.2, 0.25) is 0 Å². The fourth-order valence-electron chi connectivity index (χ4n) is 1.09. The van der Waals surface area contributed by atoms with Crippen molar-refractivity contribution in [3.05, 3.63) is 36.3 Å². The molecule has 0 spiro atoms. The highest BCUT2D eigenvalue weighted by molar-refractivity contribution is 5.23. The lowest BCUT2D eigenvalue weighted by atomic mass is 10.2. The second-order valence-electron chi connectivity index (χ2n) is 2.73. The van der Waals surface area contributed by atoms with Gasteiger partial charge < -0.3 is 0 Å². The highest BCUT2D eigenvalue weighted by Gasteiger charge is 1.96. The molecule has 4 nitrogen and oxygen atoms in total. The summed E-state index contributed by atoms with van der Waals surface area (Å²) < 4.78 is 1.64. The summed E-state index contributed by atoms with van der Waals surface area (Å²) in [7, 11) is 0. The predicted molar refractivity (Wildman–Crippen MR) is 48.5 cm³/mol. The molecule has 0 radical (unpaired) electrons. The van der Waals surface area contributed by atoms with Gasteiger partial charge in [-0.05, 0) is 18.1 Å². The van der Waals surface area contributed by atoms with Crippen LogP contribution in [0, 0.1) is 0 Å². The second kappa shape index (κ2) is 3.35. The van der Waals surface area contributed by atoms with E-state index in [0.717, 1.165) is 12.2 Å². The molecule has 2 aromatic heterocycles. The summed E-state index contributed by atoms with van der Waals surface area (Å²) in [6, 6.07) is 3.98. The van der Waals surface area contributed by atoms with Gasteiger partial charge in [-0.3, -0.25) is 0 Å². The fourth-order valence-corrected chi connectivity index (χ4v) is 1.09. The number of hydrogen-bond donors (Lipinski definition) is 0. The highest BCUT2D eigenvalue weighted by atomic mass is 15.4. The summed E-state index contributed by atoms with van der Waals surface area (Å²) in [5, 5.41) is 7.56. The van der Waals surface area contributed by atoms with Crippen LogP contribution in [-0.4, -0.2) is 20.0 Å². The van der Waals surface area contributed by atoms with Crippen LogP contribution in [0.5, 0.6) is 0 Å². The van der Waals surface area contributed by atoms with Gasteiger partial charge in [0.25, 0.3) is 0 Å². The quantitative estimate of drug-likeness (QED) is 0.687. The molecule has 0 N–H and O–H groups in total. The molecule has 0 aliphatic rings. The third-order valence-corrected chi connectivity index (χ3v) is 1.87. The number of hydrogen-bond acceptors (Lipinski definition) is 3. The molecule has 0 aromatic carbocycles. The monoisotopic (exact) mass is 174 g/mol. The maximum atomic E-state index is 4.25. The molecule has 0 amide bonds. The number of nitrogens with zero attached hydrogens (tertiary/aromatic N) is 4. The largest absolute Gasteiger partial charge is 0.237 e. The highest BCUT2D eigenvalue weighted by Crippen LogP contribution is 2.03. The first kappa shape index (κ1) is 7.91. The molecule has 2 rings (SSSR count). The van der Waals surface area contributed by atoms with E-state index in [1.807, 2.05) is 18.3 Å². The molecular formula is C9H10N4. The van der Waals surface area contributed by atoms with Gasteiger partial charge in [-0.1, -0.05) is 18.2 Å². The van der Waals surface area contributed by atoms with E-state index in [1.54, 1.807) is 17.1 Å². The van der Waals surface area contributed by atoms with Gasteiger partial charge in [-0.2, -0.15) is 0 Å². The zero-order chi connectivity index (χ0) is 9.10. The third kappa shape index (κ3) is 1.56. The molecule has 0 atom stereocenters. The number of aryl methyl sites for hydroxylation is 1. The van der Waals surface area contributed by atoms with Crippen LogP contribution in [0.25, 0.3) is 5.82 Å². The smallest absolute Gasteiger partial charge is 0.155 e. The molecule has 0 aliphatic carbocycles. The van der Waals surface area contributed by atoms with Crippen LogP contribution in [0.3, 0.4) is 0 Å². The average Bonchev–Trinajstić information content (AvgIpc) is 2.71. The minimum atomic E-state index is 0.801. The van der Waals surface area contributed by atoms with Crippen LogP contribution in [0.15, 0.2) is 30.7 Å². The van der Waals surface area contributed by atoms with E-state index < -0.39 is 0 Å². The van der Waals surface area contributed by atoms with Gasteiger partial charge in [0.15, 0.2) is 5.82 Å². The van der Waals surface area contributed by atoms with E-state index in [9.17, 15) is 0 Å². The first-order chi connectivity index (χ1) is 6.40. The van der Waals surface area contributed by atoms with E-state index in [4.69, 9.17) is 0 Å². The lowest BCUT2D eigenvalue weighted by Gasteiger charge is -1.99. The summed E-state index contributed by atoms with van der Waals surface area (Å²) in [4.78, 5) is 4.25. The Balaban J connectivity index is 2.33. The maximum absolute atomic E-state index is 4.25. The lowest BCUT2D eigenvalue weighted by molar-refractivity contribution is 0.780. The summed E-state index contributed by atoms with van der Waals surface area (Å²) in [5.41, 5.74) is 1.23. The van der Waals surface area contributed by atoms with E-state index in [0.29, 0.717) is 0 Å². The van der Waals surface area contributed by atoms with Crippen LogP contribution in [0.4, 0.5) is 0 Å². The van der Waals surface area contributed by atoms with E-state index in [-0.39, 0.29) is 0 Å². The molecule has 13 heavy (non-hydrogen) atoms. The molecule has 0 unspecified atom stereocenters. The topological polar surface area (TPSA) is 43.6 Å². The van der Waals surface area contributed by atoms with Crippen LogP contribution in [-0.2, 0) is 6.42 Å². The Bertz CT molecular complexity index is 363. The Kier molecular flexibility index (Phi) is 2.04. The molecule has 4 heteroatoms. The minimum Gasteiger partial charge on any atom is -0.237 e. The van der Waals surface area contributed by atoms with Crippen molar-refractivity contribution in [2.45, 2.75) is 13.3 Å². The van der Waals surface area contributed by atoms with Crippen molar-refractivity contribution in [1.82, 2.24) is 20.0 Å². The van der Waals surface area contributed by atoms with Crippen LogP contribution in [0.1, 0.15) is 12.5 Å². The number of aromatic nitrogens is 4. The van der Waals surface area contributed by atoms with Gasteiger partial charge >= 0.3 is 0 Å².